The Morgan fingerprint density at radius 3 is 1.55 bits per heavy atom. The second kappa shape index (κ2) is 24.0. The Balaban J connectivity index is 0.000000229. The number of carbonyl (C=O) groups excluding carboxylic acids is 1. The molecule has 0 radical (unpaired) electrons. The van der Waals surface area contributed by atoms with Crippen molar-refractivity contribution in [1.29, 1.82) is 0 Å². The van der Waals surface area contributed by atoms with E-state index in [1.807, 2.05) is 30.3 Å². The number of benzene rings is 5. The lowest BCUT2D eigenvalue weighted by Gasteiger charge is -2.14. The van der Waals surface area contributed by atoms with Gasteiger partial charge in [0.25, 0.3) is 0 Å². The van der Waals surface area contributed by atoms with Gasteiger partial charge in [-0.05, 0) is 94.0 Å². The van der Waals surface area contributed by atoms with E-state index in [1.165, 1.54) is 14.2 Å². The minimum absolute atomic E-state index is 0.194. The van der Waals surface area contributed by atoms with Crippen LogP contribution in [-0.2, 0) is 25.9 Å². The third-order valence-electron chi connectivity index (χ3n) is 9.17. The molecule has 7 aromatic rings. The molecule has 320 valence electrons. The summed E-state index contributed by atoms with van der Waals surface area (Å²) in [6.07, 6.45) is 3.61. The van der Waals surface area contributed by atoms with Gasteiger partial charge in [0.2, 0.25) is 0 Å². The monoisotopic (exact) mass is 916 g/mol. The zero-order valence-corrected chi connectivity index (χ0v) is 36.7. The summed E-state index contributed by atoms with van der Waals surface area (Å²) in [5.74, 6) is 0.688. The number of hydrogen-bond donors (Lipinski definition) is 2. The van der Waals surface area contributed by atoms with Crippen LogP contribution in [-0.4, -0.2) is 35.6 Å². The second-order valence-corrected chi connectivity index (χ2v) is 15.0. The number of carbonyl (C=O) groups is 1. The van der Waals surface area contributed by atoms with Gasteiger partial charge in [0, 0.05) is 41.8 Å². The van der Waals surface area contributed by atoms with Crippen LogP contribution < -0.4 is 25.3 Å². The van der Waals surface area contributed by atoms with Crippen LogP contribution in [0.15, 0.2) is 140 Å². The molecule has 0 saturated heterocycles. The summed E-state index contributed by atoms with van der Waals surface area (Å²) in [6.45, 7) is 0.595. The van der Waals surface area contributed by atoms with Crippen molar-refractivity contribution in [1.82, 2.24) is 15.3 Å². The summed E-state index contributed by atoms with van der Waals surface area (Å²) in [4.78, 5) is 20.6. The van der Waals surface area contributed by atoms with Gasteiger partial charge in [-0.1, -0.05) is 89.9 Å². The largest absolute Gasteiger partial charge is 0.496 e. The van der Waals surface area contributed by atoms with Crippen molar-refractivity contribution in [3.63, 3.8) is 0 Å². The summed E-state index contributed by atoms with van der Waals surface area (Å²) in [5.41, 5.74) is 11.9. The molecule has 62 heavy (non-hydrogen) atoms. The molecule has 0 aliphatic carbocycles. The van der Waals surface area contributed by atoms with Crippen molar-refractivity contribution in [3.8, 4) is 39.5 Å². The highest BCUT2D eigenvalue weighted by Gasteiger charge is 2.18. The van der Waals surface area contributed by atoms with Crippen molar-refractivity contribution in [2.24, 2.45) is 5.73 Å². The number of para-hydroxylation sites is 1. The van der Waals surface area contributed by atoms with E-state index in [0.29, 0.717) is 85.8 Å². The lowest BCUT2D eigenvalue weighted by molar-refractivity contribution is 0.200. The van der Waals surface area contributed by atoms with Gasteiger partial charge in [-0.15, -0.1) is 23.2 Å². The van der Waals surface area contributed by atoms with Gasteiger partial charge in [-0.3, -0.25) is 9.97 Å². The molecule has 7 rings (SSSR count). The standard InChI is InChI=1S/C27H22ClFN2O3.C20H18ClFN2O.CH2Cl2/c1-33-24-13-11-20(26(29)25(24)19-6-5-7-21(28)15-19)14-18-10-12-22(30-16-18)17-31-27(32)34-23-8-3-2-4-9-23;1-25-18-8-6-15(9-13-5-7-17(11-23)24-12-13)20(22)19(18)14-3-2-4-16(21)10-14;2-1-3/h2-13,15-16H,14,17H2,1H3,(H,31,32);2-8,10,12H,9,11,23H2,1H3;1H2. The maximum atomic E-state index is 15.5. The number of amides is 1. The molecule has 0 aliphatic heterocycles. The number of hydrogen-bond acceptors (Lipinski definition) is 7. The molecule has 1 amide bonds. The van der Waals surface area contributed by atoms with E-state index in [9.17, 15) is 4.79 Å². The van der Waals surface area contributed by atoms with Crippen LogP contribution >= 0.6 is 46.4 Å². The highest BCUT2D eigenvalue weighted by molar-refractivity contribution is 6.40. The minimum Gasteiger partial charge on any atom is -0.496 e. The summed E-state index contributed by atoms with van der Waals surface area (Å²) >= 11 is 21.7. The normalized spacial score (nSPS) is 10.4. The molecule has 14 heteroatoms. The second-order valence-electron chi connectivity index (χ2n) is 13.3. The molecule has 0 unspecified atom stereocenters. The molecular weight excluding hydrogens is 876 g/mol. The molecule has 0 atom stereocenters. The molecule has 5 aromatic carbocycles. The predicted molar refractivity (Wildman–Crippen MR) is 245 cm³/mol. The summed E-state index contributed by atoms with van der Waals surface area (Å²) in [7, 11) is 3.03. The Morgan fingerprint density at radius 2 is 1.13 bits per heavy atom. The number of alkyl halides is 2. The highest BCUT2D eigenvalue weighted by atomic mass is 35.5. The number of pyridine rings is 2. The van der Waals surface area contributed by atoms with Crippen LogP contribution in [0.3, 0.4) is 0 Å². The molecule has 0 fully saturated rings. The van der Waals surface area contributed by atoms with Crippen LogP contribution in [0, 0.1) is 11.6 Å². The van der Waals surface area contributed by atoms with Crippen molar-refractivity contribution < 1.29 is 27.8 Å². The Hall–Kier alpha value is -5.75. The van der Waals surface area contributed by atoms with E-state index in [0.717, 1.165) is 16.8 Å². The van der Waals surface area contributed by atoms with E-state index < -0.39 is 6.09 Å². The summed E-state index contributed by atoms with van der Waals surface area (Å²) in [6, 6.07) is 37.3. The van der Waals surface area contributed by atoms with Crippen molar-refractivity contribution in [2.45, 2.75) is 25.9 Å². The Morgan fingerprint density at radius 1 is 0.645 bits per heavy atom. The molecule has 2 aromatic heterocycles. The summed E-state index contributed by atoms with van der Waals surface area (Å²) < 4.78 is 46.6. The van der Waals surface area contributed by atoms with Gasteiger partial charge >= 0.3 is 6.09 Å². The fraction of sp³-hybridized carbons (Fsp3) is 0.146. The molecule has 2 heterocycles. The maximum absolute atomic E-state index is 15.5. The number of halogens is 6. The van der Waals surface area contributed by atoms with Crippen LogP contribution in [0.2, 0.25) is 10.0 Å². The SMILES string of the molecule is COc1ccc(Cc2ccc(CN)nc2)c(F)c1-c1cccc(Cl)c1.COc1ccc(Cc2ccc(CNC(=O)Oc3ccccc3)nc2)c(F)c1-c1cccc(Cl)c1.ClCCl. The Kier molecular flexibility index (Phi) is 18.3. The average Bonchev–Trinajstić information content (AvgIpc) is 3.28. The van der Waals surface area contributed by atoms with Gasteiger partial charge in [0.05, 0.1) is 48.6 Å². The van der Waals surface area contributed by atoms with E-state index in [4.69, 9.17) is 66.3 Å². The maximum Gasteiger partial charge on any atom is 0.412 e. The number of nitrogens with zero attached hydrogens (tertiary/aromatic N) is 2. The van der Waals surface area contributed by atoms with Crippen molar-refractivity contribution >= 4 is 52.5 Å². The van der Waals surface area contributed by atoms with E-state index >= 15 is 8.78 Å². The first kappa shape index (κ1) is 47.3. The number of nitrogens with one attached hydrogen (secondary N) is 1. The molecule has 0 bridgehead atoms. The zero-order chi connectivity index (χ0) is 44.4. The van der Waals surface area contributed by atoms with Crippen LogP contribution in [0.25, 0.3) is 22.3 Å². The van der Waals surface area contributed by atoms with Gasteiger partial charge in [-0.25, -0.2) is 13.6 Å². The van der Waals surface area contributed by atoms with Gasteiger partial charge in [0.1, 0.15) is 28.9 Å². The minimum atomic E-state index is -0.564. The first-order valence-corrected chi connectivity index (χ1v) is 20.8. The smallest absolute Gasteiger partial charge is 0.412 e. The first-order chi connectivity index (χ1) is 30.1. The third kappa shape index (κ3) is 13.4. The van der Waals surface area contributed by atoms with Crippen molar-refractivity contribution in [2.75, 3.05) is 19.6 Å². The van der Waals surface area contributed by atoms with Crippen molar-refractivity contribution in [3.05, 3.63) is 195 Å². The Bertz CT molecular complexity index is 2530. The van der Waals surface area contributed by atoms with Crippen LogP contribution in [0.4, 0.5) is 13.6 Å². The van der Waals surface area contributed by atoms with Gasteiger partial charge < -0.3 is 25.3 Å². The van der Waals surface area contributed by atoms with E-state index in [1.54, 1.807) is 109 Å². The zero-order valence-electron chi connectivity index (χ0n) is 33.7. The number of nitrogens with two attached hydrogens (primary N) is 1. The average molecular weight is 919 g/mol. The fourth-order valence-corrected chi connectivity index (χ4v) is 6.60. The number of methoxy groups -OCH3 is 2. The molecule has 0 spiro atoms. The summed E-state index contributed by atoms with van der Waals surface area (Å²) in [5, 5.41) is 3.92. The Labute approximate surface area is 379 Å². The number of ether oxygens (including phenoxy) is 3. The fourth-order valence-electron chi connectivity index (χ4n) is 6.22. The lowest BCUT2D eigenvalue weighted by Crippen LogP contribution is -2.26. The van der Waals surface area contributed by atoms with Gasteiger partial charge in [-0.2, -0.15) is 0 Å². The quantitative estimate of drug-likeness (QED) is 0.118. The number of rotatable bonds is 12. The molecule has 0 saturated carbocycles. The van der Waals surface area contributed by atoms with E-state index in [-0.39, 0.29) is 23.5 Å². The van der Waals surface area contributed by atoms with E-state index in [2.05, 4.69) is 15.3 Å². The molecule has 8 nitrogen and oxygen atoms in total. The third-order valence-corrected chi connectivity index (χ3v) is 9.64. The predicted octanol–water partition coefficient (Wildman–Crippen LogP) is 12.4. The first-order valence-electron chi connectivity index (χ1n) is 19.0. The number of aromatic nitrogens is 2. The molecular formula is C48H42Cl4F2N4O4. The van der Waals surface area contributed by atoms with Gasteiger partial charge in [0.15, 0.2) is 0 Å². The van der Waals surface area contributed by atoms with Crippen LogP contribution in [0.1, 0.15) is 33.6 Å². The lowest BCUT2D eigenvalue weighted by atomic mass is 9.97. The highest BCUT2D eigenvalue weighted by Crippen LogP contribution is 2.37. The topological polar surface area (TPSA) is 109 Å². The molecule has 3 N–H and O–H groups in total. The van der Waals surface area contributed by atoms with Crippen LogP contribution in [0.5, 0.6) is 17.2 Å². The molecule has 0 aliphatic rings.